The lowest BCUT2D eigenvalue weighted by Crippen LogP contribution is -2.46. The van der Waals surface area contributed by atoms with E-state index in [1.807, 2.05) is 37.3 Å². The van der Waals surface area contributed by atoms with Crippen molar-refractivity contribution in [3.63, 3.8) is 0 Å². The Labute approximate surface area is 139 Å². The van der Waals surface area contributed by atoms with Gasteiger partial charge in [0.05, 0.1) is 11.9 Å². The number of phenolic OH excluding ortho intramolecular Hbond substituents is 1. The summed E-state index contributed by atoms with van der Waals surface area (Å²) in [7, 11) is 0. The number of carbonyl (C=O) groups excluding carboxylic acids is 1. The van der Waals surface area contributed by atoms with E-state index in [4.69, 9.17) is 4.74 Å². The average molecular weight is 320 g/mol. The maximum absolute atomic E-state index is 13.2. The summed E-state index contributed by atoms with van der Waals surface area (Å²) in [6.07, 6.45) is 5.00. The van der Waals surface area contributed by atoms with Gasteiger partial charge < -0.3 is 14.4 Å². The van der Waals surface area contributed by atoms with Crippen LogP contribution in [0.15, 0.2) is 67.3 Å². The number of aromatic nitrogens is 2. The Morgan fingerprint density at radius 3 is 2.71 bits per heavy atom. The fourth-order valence-corrected chi connectivity index (χ4v) is 3.31. The van der Waals surface area contributed by atoms with Crippen molar-refractivity contribution < 1.29 is 14.6 Å². The molecule has 120 valence electrons. The molecule has 5 nitrogen and oxygen atoms in total. The summed E-state index contributed by atoms with van der Waals surface area (Å²) in [5, 5.41) is 9.74. The number of nitrogens with zero attached hydrogens (tertiary/aromatic N) is 2. The number of phenols is 1. The molecule has 0 amide bonds. The molecule has 0 fully saturated rings. The molecule has 0 aliphatic carbocycles. The minimum absolute atomic E-state index is 0.0402. The largest absolute Gasteiger partial charge is 0.508 e. The number of rotatable bonds is 2. The summed E-state index contributed by atoms with van der Waals surface area (Å²) in [4.78, 5) is 17.3. The number of Topliss-reactive ketones (excluding diaryl/α,β-unsaturated/α-hetero) is 1. The lowest BCUT2D eigenvalue weighted by molar-refractivity contribution is 0.0150. The van der Waals surface area contributed by atoms with Crippen LogP contribution in [0.3, 0.4) is 0 Å². The molecule has 1 aliphatic heterocycles. The first-order chi connectivity index (χ1) is 11.6. The second-order valence-corrected chi connectivity index (χ2v) is 6.03. The molecule has 24 heavy (non-hydrogen) atoms. The Bertz CT molecular complexity index is 890. The highest BCUT2D eigenvalue weighted by Crippen LogP contribution is 2.46. The van der Waals surface area contributed by atoms with Gasteiger partial charge in [-0.25, -0.2) is 4.98 Å². The van der Waals surface area contributed by atoms with E-state index >= 15 is 0 Å². The van der Waals surface area contributed by atoms with Crippen LogP contribution >= 0.6 is 0 Å². The van der Waals surface area contributed by atoms with Crippen LogP contribution in [0.4, 0.5) is 0 Å². The van der Waals surface area contributed by atoms with Crippen LogP contribution in [0, 0.1) is 0 Å². The van der Waals surface area contributed by atoms with Crippen molar-refractivity contribution >= 4 is 5.78 Å². The van der Waals surface area contributed by atoms with Gasteiger partial charge in [0, 0.05) is 12.4 Å². The molecule has 0 saturated carbocycles. The second kappa shape index (κ2) is 5.23. The number of benzene rings is 2. The van der Waals surface area contributed by atoms with E-state index in [1.165, 1.54) is 12.1 Å². The van der Waals surface area contributed by atoms with E-state index in [-0.39, 0.29) is 11.5 Å². The van der Waals surface area contributed by atoms with Crippen molar-refractivity contribution in [3.05, 3.63) is 78.4 Å². The molecular weight excluding hydrogens is 304 g/mol. The number of hydrogen-bond acceptors (Lipinski definition) is 4. The maximum Gasteiger partial charge on any atom is 0.193 e. The minimum Gasteiger partial charge on any atom is -0.508 e. The van der Waals surface area contributed by atoms with Gasteiger partial charge in [0.2, 0.25) is 0 Å². The molecule has 2 atom stereocenters. The van der Waals surface area contributed by atoms with Crippen LogP contribution in [0.1, 0.15) is 28.9 Å². The van der Waals surface area contributed by atoms with E-state index in [9.17, 15) is 9.90 Å². The third-order valence-electron chi connectivity index (χ3n) is 4.49. The predicted octanol–water partition coefficient (Wildman–Crippen LogP) is 3.32. The molecular formula is C19H16N2O3. The second-order valence-electron chi connectivity index (χ2n) is 6.03. The van der Waals surface area contributed by atoms with Crippen molar-refractivity contribution in [1.82, 2.24) is 9.55 Å². The van der Waals surface area contributed by atoms with E-state index in [2.05, 4.69) is 4.98 Å². The molecule has 5 heteroatoms. The van der Waals surface area contributed by atoms with E-state index in [0.29, 0.717) is 11.3 Å². The van der Waals surface area contributed by atoms with Gasteiger partial charge in [-0.3, -0.25) is 4.79 Å². The van der Waals surface area contributed by atoms with Crippen molar-refractivity contribution in [2.24, 2.45) is 0 Å². The first-order valence-electron chi connectivity index (χ1n) is 7.69. The van der Waals surface area contributed by atoms with Gasteiger partial charge in [-0.15, -0.1) is 0 Å². The van der Waals surface area contributed by atoms with Gasteiger partial charge in [-0.1, -0.05) is 30.3 Å². The van der Waals surface area contributed by atoms with E-state index < -0.39 is 11.6 Å². The smallest absolute Gasteiger partial charge is 0.193 e. The summed E-state index contributed by atoms with van der Waals surface area (Å²) in [6, 6.07) is 13.7. The summed E-state index contributed by atoms with van der Waals surface area (Å²) in [5.74, 6) is 0.399. The molecule has 1 aliphatic rings. The quantitative estimate of drug-likeness (QED) is 0.787. The van der Waals surface area contributed by atoms with Crippen LogP contribution in [-0.4, -0.2) is 20.4 Å². The van der Waals surface area contributed by atoms with Gasteiger partial charge in [-0.2, -0.15) is 0 Å². The Kier molecular flexibility index (Phi) is 3.16. The van der Waals surface area contributed by atoms with E-state index in [1.54, 1.807) is 29.4 Å². The molecule has 4 rings (SSSR count). The molecule has 0 bridgehead atoms. The number of carbonyl (C=O) groups is 1. The molecule has 3 aromatic rings. The average Bonchev–Trinajstić information content (AvgIpc) is 3.11. The van der Waals surface area contributed by atoms with Crippen molar-refractivity contribution in [2.45, 2.75) is 18.6 Å². The standard InChI is InChI=1S/C19H16N2O3/c1-19(13-5-3-2-4-6-13)18(21-10-9-20-12-21)17(23)15-11-14(22)7-8-16(15)24-19/h2-12,18,22H,1H3. The zero-order valence-corrected chi connectivity index (χ0v) is 13.1. The first kappa shape index (κ1) is 14.5. The van der Waals surface area contributed by atoms with Crippen LogP contribution in [-0.2, 0) is 5.60 Å². The molecule has 1 N–H and O–H groups in total. The van der Waals surface area contributed by atoms with Crippen molar-refractivity contribution in [2.75, 3.05) is 0 Å². The van der Waals surface area contributed by atoms with Crippen LogP contribution in [0.2, 0.25) is 0 Å². The third-order valence-corrected chi connectivity index (χ3v) is 4.49. The summed E-state index contributed by atoms with van der Waals surface area (Å²) < 4.78 is 8.04. The third kappa shape index (κ3) is 2.09. The topological polar surface area (TPSA) is 64.3 Å². The summed E-state index contributed by atoms with van der Waals surface area (Å²) in [6.45, 7) is 1.90. The van der Waals surface area contributed by atoms with Gasteiger partial charge >= 0.3 is 0 Å². The predicted molar refractivity (Wildman–Crippen MR) is 88.1 cm³/mol. The molecule has 2 aromatic carbocycles. The van der Waals surface area contributed by atoms with Gasteiger partial charge in [0.15, 0.2) is 11.4 Å². The fraction of sp³-hybridized carbons (Fsp3) is 0.158. The monoisotopic (exact) mass is 320 g/mol. The van der Waals surface area contributed by atoms with Crippen LogP contribution in [0.25, 0.3) is 0 Å². The number of fused-ring (bicyclic) bond motifs is 1. The minimum atomic E-state index is -0.886. The number of ether oxygens (including phenoxy) is 1. The van der Waals surface area contributed by atoms with Crippen molar-refractivity contribution in [3.8, 4) is 11.5 Å². The zero-order chi connectivity index (χ0) is 16.7. The summed E-state index contributed by atoms with van der Waals surface area (Å²) in [5.41, 5.74) is 0.390. The molecule has 2 heterocycles. The Hall–Kier alpha value is -3.08. The van der Waals surface area contributed by atoms with Crippen LogP contribution < -0.4 is 4.74 Å². The van der Waals surface area contributed by atoms with E-state index in [0.717, 1.165) is 5.56 Å². The van der Waals surface area contributed by atoms with Gasteiger partial charge in [0.1, 0.15) is 17.5 Å². The van der Waals surface area contributed by atoms with Gasteiger partial charge in [0.25, 0.3) is 0 Å². The normalized spacial score (nSPS) is 22.7. The molecule has 1 aromatic heterocycles. The molecule has 2 unspecified atom stereocenters. The van der Waals surface area contributed by atoms with Crippen molar-refractivity contribution in [1.29, 1.82) is 0 Å². The van der Waals surface area contributed by atoms with Crippen LogP contribution in [0.5, 0.6) is 11.5 Å². The lowest BCUT2D eigenvalue weighted by atomic mass is 9.81. The highest BCUT2D eigenvalue weighted by atomic mass is 16.5. The SMILES string of the molecule is CC1(c2ccccc2)Oc2ccc(O)cc2C(=O)C1n1ccnc1. The fourth-order valence-electron chi connectivity index (χ4n) is 3.31. The Morgan fingerprint density at radius 2 is 2.00 bits per heavy atom. The highest BCUT2D eigenvalue weighted by Gasteiger charge is 2.48. The first-order valence-corrected chi connectivity index (χ1v) is 7.69. The Morgan fingerprint density at radius 1 is 1.21 bits per heavy atom. The zero-order valence-electron chi connectivity index (χ0n) is 13.1. The molecule has 0 spiro atoms. The Balaban J connectivity index is 1.94. The number of imidazole rings is 1. The van der Waals surface area contributed by atoms with Gasteiger partial charge in [-0.05, 0) is 30.7 Å². The summed E-state index contributed by atoms with van der Waals surface area (Å²) >= 11 is 0. The lowest BCUT2D eigenvalue weighted by Gasteiger charge is -2.42. The molecule has 0 saturated heterocycles. The highest BCUT2D eigenvalue weighted by molar-refractivity contribution is 6.03. The maximum atomic E-state index is 13.2. The number of hydrogen-bond donors (Lipinski definition) is 1. The number of ketones is 1. The number of aromatic hydroxyl groups is 1. The molecule has 0 radical (unpaired) electrons.